The van der Waals surface area contributed by atoms with Crippen LogP contribution in [0.5, 0.6) is 0 Å². The summed E-state index contributed by atoms with van der Waals surface area (Å²) in [4.78, 5) is 25.7. The van der Waals surface area contributed by atoms with Gasteiger partial charge in [0.25, 0.3) is 5.91 Å². The first-order chi connectivity index (χ1) is 8.45. The number of piperazine rings is 1. The SMILES string of the molecule is CCC1C(=O)NC(C)C(=O)N1c1cc(C)n(C)n1. The van der Waals surface area contributed by atoms with E-state index in [2.05, 4.69) is 10.4 Å². The van der Waals surface area contributed by atoms with Crippen LogP contribution < -0.4 is 10.2 Å². The number of amides is 2. The zero-order valence-electron chi connectivity index (χ0n) is 11.1. The third-order valence-corrected chi connectivity index (χ3v) is 3.32. The van der Waals surface area contributed by atoms with Crippen LogP contribution in [-0.2, 0) is 16.6 Å². The Bertz CT molecular complexity index is 475. The average molecular weight is 250 g/mol. The van der Waals surface area contributed by atoms with Crippen molar-refractivity contribution in [1.29, 1.82) is 0 Å². The summed E-state index contributed by atoms with van der Waals surface area (Å²) >= 11 is 0. The van der Waals surface area contributed by atoms with Crippen molar-refractivity contribution in [3.05, 3.63) is 11.8 Å². The Balaban J connectivity index is 2.42. The summed E-state index contributed by atoms with van der Waals surface area (Å²) in [6.07, 6.45) is 0.569. The van der Waals surface area contributed by atoms with Crippen LogP contribution in [0.1, 0.15) is 26.0 Å². The van der Waals surface area contributed by atoms with Crippen molar-refractivity contribution < 1.29 is 9.59 Å². The van der Waals surface area contributed by atoms with Crippen LogP contribution in [-0.4, -0.2) is 33.7 Å². The molecule has 6 heteroatoms. The Labute approximate surface area is 106 Å². The summed E-state index contributed by atoms with van der Waals surface area (Å²) in [5.74, 6) is 0.320. The Morgan fingerprint density at radius 1 is 1.44 bits per heavy atom. The van der Waals surface area contributed by atoms with Gasteiger partial charge in [0.1, 0.15) is 12.1 Å². The first-order valence-corrected chi connectivity index (χ1v) is 6.09. The lowest BCUT2D eigenvalue weighted by atomic mass is 10.1. The Morgan fingerprint density at radius 2 is 2.11 bits per heavy atom. The number of hydrogen-bond donors (Lipinski definition) is 1. The lowest BCUT2D eigenvalue weighted by Crippen LogP contribution is -2.62. The third kappa shape index (κ3) is 1.87. The number of anilines is 1. The number of aryl methyl sites for hydroxylation is 2. The van der Waals surface area contributed by atoms with Crippen molar-refractivity contribution in [2.45, 2.75) is 39.3 Å². The van der Waals surface area contributed by atoms with E-state index in [4.69, 9.17) is 0 Å². The second-order valence-corrected chi connectivity index (χ2v) is 4.63. The highest BCUT2D eigenvalue weighted by Gasteiger charge is 2.39. The molecular formula is C12H18N4O2. The zero-order valence-corrected chi connectivity index (χ0v) is 11.1. The monoisotopic (exact) mass is 250 g/mol. The van der Waals surface area contributed by atoms with E-state index in [0.717, 1.165) is 5.69 Å². The third-order valence-electron chi connectivity index (χ3n) is 3.32. The van der Waals surface area contributed by atoms with Gasteiger partial charge in [0, 0.05) is 18.8 Å². The molecule has 2 atom stereocenters. The van der Waals surface area contributed by atoms with Gasteiger partial charge < -0.3 is 5.32 Å². The Hall–Kier alpha value is -1.85. The van der Waals surface area contributed by atoms with Gasteiger partial charge in [-0.05, 0) is 20.3 Å². The number of hydrogen-bond acceptors (Lipinski definition) is 3. The molecule has 6 nitrogen and oxygen atoms in total. The molecule has 1 aliphatic rings. The molecule has 0 spiro atoms. The topological polar surface area (TPSA) is 67.2 Å². The van der Waals surface area contributed by atoms with E-state index in [9.17, 15) is 9.59 Å². The molecule has 0 bridgehead atoms. The smallest absolute Gasteiger partial charge is 0.251 e. The molecule has 2 rings (SSSR count). The highest BCUT2D eigenvalue weighted by atomic mass is 16.2. The molecule has 1 N–H and O–H groups in total. The summed E-state index contributed by atoms with van der Waals surface area (Å²) in [6, 6.07) is 0.858. The fraction of sp³-hybridized carbons (Fsp3) is 0.583. The first kappa shape index (κ1) is 12.6. The average Bonchev–Trinajstić information content (AvgIpc) is 2.63. The van der Waals surface area contributed by atoms with Gasteiger partial charge in [-0.3, -0.25) is 19.2 Å². The van der Waals surface area contributed by atoms with E-state index in [1.165, 1.54) is 4.90 Å². The van der Waals surface area contributed by atoms with Gasteiger partial charge in [0.15, 0.2) is 5.82 Å². The van der Waals surface area contributed by atoms with E-state index >= 15 is 0 Å². The molecule has 1 saturated heterocycles. The zero-order chi connectivity index (χ0) is 13.4. The Morgan fingerprint density at radius 3 is 2.61 bits per heavy atom. The van der Waals surface area contributed by atoms with Crippen LogP contribution in [0.4, 0.5) is 5.82 Å². The summed E-state index contributed by atoms with van der Waals surface area (Å²) in [7, 11) is 1.82. The van der Waals surface area contributed by atoms with Crippen molar-refractivity contribution in [3.8, 4) is 0 Å². The predicted molar refractivity (Wildman–Crippen MR) is 67.1 cm³/mol. The maximum Gasteiger partial charge on any atom is 0.251 e. The van der Waals surface area contributed by atoms with Gasteiger partial charge in [-0.1, -0.05) is 6.92 Å². The maximum atomic E-state index is 12.2. The van der Waals surface area contributed by atoms with Crippen molar-refractivity contribution in [2.24, 2.45) is 7.05 Å². The summed E-state index contributed by atoms with van der Waals surface area (Å²) in [5.41, 5.74) is 0.950. The van der Waals surface area contributed by atoms with Crippen LogP contribution in [0, 0.1) is 6.92 Å². The van der Waals surface area contributed by atoms with E-state index < -0.39 is 12.1 Å². The van der Waals surface area contributed by atoms with Gasteiger partial charge in [0.05, 0.1) is 0 Å². The lowest BCUT2D eigenvalue weighted by Gasteiger charge is -2.35. The van der Waals surface area contributed by atoms with Crippen LogP contribution in [0.3, 0.4) is 0 Å². The number of rotatable bonds is 2. The number of carbonyl (C=O) groups is 2. The molecule has 0 aliphatic carbocycles. The van der Waals surface area contributed by atoms with Gasteiger partial charge in [-0.2, -0.15) is 5.10 Å². The summed E-state index contributed by atoms with van der Waals surface area (Å²) < 4.78 is 1.70. The minimum atomic E-state index is -0.498. The number of nitrogens with one attached hydrogen (secondary N) is 1. The quantitative estimate of drug-likeness (QED) is 0.824. The molecule has 2 amide bonds. The van der Waals surface area contributed by atoms with E-state index in [1.54, 1.807) is 11.6 Å². The first-order valence-electron chi connectivity index (χ1n) is 6.09. The molecule has 18 heavy (non-hydrogen) atoms. The predicted octanol–water partition coefficient (Wildman–Crippen LogP) is 0.358. The van der Waals surface area contributed by atoms with E-state index in [0.29, 0.717) is 12.2 Å². The number of aromatic nitrogens is 2. The van der Waals surface area contributed by atoms with Crippen molar-refractivity contribution in [2.75, 3.05) is 4.90 Å². The molecule has 0 radical (unpaired) electrons. The fourth-order valence-electron chi connectivity index (χ4n) is 2.15. The Kier molecular flexibility index (Phi) is 3.11. The number of carbonyl (C=O) groups excluding carboxylic acids is 2. The molecule has 0 saturated carbocycles. The van der Waals surface area contributed by atoms with E-state index in [1.807, 2.05) is 27.0 Å². The molecule has 0 aromatic carbocycles. The molecule has 2 unspecified atom stereocenters. The highest BCUT2D eigenvalue weighted by molar-refractivity contribution is 6.07. The van der Waals surface area contributed by atoms with Crippen LogP contribution in [0.25, 0.3) is 0 Å². The van der Waals surface area contributed by atoms with Crippen LogP contribution >= 0.6 is 0 Å². The fourth-order valence-corrected chi connectivity index (χ4v) is 2.15. The molecule has 1 aromatic heterocycles. The molecule has 1 fully saturated rings. The molecule has 98 valence electrons. The van der Waals surface area contributed by atoms with Gasteiger partial charge in [-0.15, -0.1) is 0 Å². The van der Waals surface area contributed by atoms with Gasteiger partial charge in [-0.25, -0.2) is 0 Å². The second-order valence-electron chi connectivity index (χ2n) is 4.63. The van der Waals surface area contributed by atoms with Crippen molar-refractivity contribution in [3.63, 3.8) is 0 Å². The number of nitrogens with zero attached hydrogens (tertiary/aromatic N) is 3. The molecule has 1 aromatic rings. The highest BCUT2D eigenvalue weighted by Crippen LogP contribution is 2.22. The molecule has 1 aliphatic heterocycles. The summed E-state index contributed by atoms with van der Waals surface area (Å²) in [5, 5.41) is 6.98. The maximum absolute atomic E-state index is 12.2. The van der Waals surface area contributed by atoms with Crippen molar-refractivity contribution in [1.82, 2.24) is 15.1 Å². The van der Waals surface area contributed by atoms with Crippen LogP contribution in [0.2, 0.25) is 0 Å². The molecule has 2 heterocycles. The lowest BCUT2D eigenvalue weighted by molar-refractivity contribution is -0.133. The van der Waals surface area contributed by atoms with Gasteiger partial charge >= 0.3 is 0 Å². The summed E-state index contributed by atoms with van der Waals surface area (Å²) in [6.45, 7) is 5.49. The largest absolute Gasteiger partial charge is 0.343 e. The normalized spacial score (nSPS) is 24.3. The van der Waals surface area contributed by atoms with E-state index in [-0.39, 0.29) is 11.8 Å². The molecular weight excluding hydrogens is 232 g/mol. The van der Waals surface area contributed by atoms with Gasteiger partial charge in [0.2, 0.25) is 5.91 Å². The minimum Gasteiger partial charge on any atom is -0.343 e. The second kappa shape index (κ2) is 4.44. The standard InChI is InChI=1S/C12H18N4O2/c1-5-9-11(17)13-8(3)12(18)16(9)10-6-7(2)15(4)14-10/h6,8-9H,5H2,1-4H3,(H,13,17). The van der Waals surface area contributed by atoms with Crippen LogP contribution in [0.15, 0.2) is 6.07 Å². The minimum absolute atomic E-state index is 0.112. The van der Waals surface area contributed by atoms with Crippen molar-refractivity contribution >= 4 is 17.6 Å².